The zero-order valence-electron chi connectivity index (χ0n) is 8.81. The first kappa shape index (κ1) is 11.3. The van der Waals surface area contributed by atoms with Crippen molar-refractivity contribution in [3.63, 3.8) is 0 Å². The molecule has 0 radical (unpaired) electrons. The first-order valence-corrected chi connectivity index (χ1v) is 4.92. The van der Waals surface area contributed by atoms with E-state index in [1.807, 2.05) is 0 Å². The van der Waals surface area contributed by atoms with E-state index in [9.17, 15) is 8.78 Å². The fraction of sp³-hybridized carbons (Fsp3) is 0.0833. The Morgan fingerprint density at radius 3 is 2.71 bits per heavy atom. The molecule has 0 saturated heterocycles. The van der Waals surface area contributed by atoms with E-state index in [0.717, 1.165) is 0 Å². The number of aromatic nitrogens is 1. The van der Waals surface area contributed by atoms with E-state index in [0.29, 0.717) is 5.75 Å². The summed E-state index contributed by atoms with van der Waals surface area (Å²) >= 11 is 0. The lowest BCUT2D eigenvalue weighted by atomic mass is 10.2. The third kappa shape index (κ3) is 2.69. The van der Waals surface area contributed by atoms with Crippen molar-refractivity contribution in [2.75, 3.05) is 5.73 Å². The van der Waals surface area contributed by atoms with Crippen LogP contribution in [0.5, 0.6) is 11.5 Å². The van der Waals surface area contributed by atoms with Gasteiger partial charge in [-0.2, -0.15) is 0 Å². The fourth-order valence-electron chi connectivity index (χ4n) is 1.36. The van der Waals surface area contributed by atoms with Gasteiger partial charge in [-0.25, -0.2) is 8.78 Å². The van der Waals surface area contributed by atoms with E-state index in [1.54, 1.807) is 18.3 Å². The lowest BCUT2D eigenvalue weighted by Gasteiger charge is -2.10. The maximum absolute atomic E-state index is 12.8. The molecule has 0 bridgehead atoms. The molecule has 3 nitrogen and oxygen atoms in total. The monoisotopic (exact) mass is 236 g/mol. The van der Waals surface area contributed by atoms with Crippen LogP contribution in [0.3, 0.4) is 0 Å². The molecular formula is C12H10F2N2O. The van der Waals surface area contributed by atoms with Crippen LogP contribution in [0, 0.1) is 0 Å². The Hall–Kier alpha value is -2.17. The van der Waals surface area contributed by atoms with Crippen LogP contribution in [0.4, 0.5) is 14.5 Å². The number of alkyl halides is 2. The van der Waals surface area contributed by atoms with Gasteiger partial charge in [-0.1, -0.05) is 0 Å². The number of hydrogen-bond acceptors (Lipinski definition) is 3. The molecule has 2 aromatic rings. The van der Waals surface area contributed by atoms with Crippen LogP contribution in [0.15, 0.2) is 42.7 Å². The quantitative estimate of drug-likeness (QED) is 0.831. The molecule has 88 valence electrons. The Balaban J connectivity index is 2.33. The summed E-state index contributed by atoms with van der Waals surface area (Å²) in [5, 5.41) is 0. The smallest absolute Gasteiger partial charge is 0.267 e. The maximum atomic E-state index is 12.8. The zero-order valence-corrected chi connectivity index (χ0v) is 8.81. The van der Waals surface area contributed by atoms with E-state index < -0.39 is 6.43 Å². The van der Waals surface area contributed by atoms with Gasteiger partial charge in [0.05, 0.1) is 11.8 Å². The highest BCUT2D eigenvalue weighted by Crippen LogP contribution is 2.33. The highest BCUT2D eigenvalue weighted by Gasteiger charge is 2.15. The molecule has 1 aromatic carbocycles. The number of ether oxygens (including phenoxy) is 1. The molecule has 0 aliphatic rings. The first-order chi connectivity index (χ1) is 8.16. The van der Waals surface area contributed by atoms with Gasteiger partial charge < -0.3 is 10.5 Å². The molecule has 17 heavy (non-hydrogen) atoms. The second kappa shape index (κ2) is 4.78. The van der Waals surface area contributed by atoms with Crippen molar-refractivity contribution in [1.82, 2.24) is 4.98 Å². The van der Waals surface area contributed by atoms with Gasteiger partial charge in [0.25, 0.3) is 6.43 Å². The largest absolute Gasteiger partial charge is 0.455 e. The second-order valence-electron chi connectivity index (χ2n) is 3.39. The van der Waals surface area contributed by atoms with Crippen molar-refractivity contribution in [3.8, 4) is 11.5 Å². The van der Waals surface area contributed by atoms with Crippen molar-refractivity contribution < 1.29 is 13.5 Å². The molecule has 1 heterocycles. The molecule has 0 aliphatic carbocycles. The van der Waals surface area contributed by atoms with Crippen LogP contribution in [0.2, 0.25) is 0 Å². The lowest BCUT2D eigenvalue weighted by molar-refractivity contribution is 0.148. The normalized spacial score (nSPS) is 10.5. The summed E-state index contributed by atoms with van der Waals surface area (Å²) in [6.45, 7) is 0. The number of nitrogens with two attached hydrogens (primary N) is 1. The minimum atomic E-state index is -2.63. The Labute approximate surface area is 96.9 Å². The molecule has 0 fully saturated rings. The van der Waals surface area contributed by atoms with Crippen molar-refractivity contribution in [2.45, 2.75) is 6.43 Å². The number of anilines is 1. The molecule has 0 unspecified atom stereocenters. The van der Waals surface area contributed by atoms with Gasteiger partial charge in [-0.3, -0.25) is 4.98 Å². The fourth-order valence-corrected chi connectivity index (χ4v) is 1.36. The Morgan fingerprint density at radius 1 is 1.24 bits per heavy atom. The summed E-state index contributed by atoms with van der Waals surface area (Å²) in [5.41, 5.74) is 5.51. The zero-order chi connectivity index (χ0) is 12.3. The predicted molar refractivity (Wildman–Crippen MR) is 60.1 cm³/mol. The molecule has 0 atom stereocenters. The number of hydrogen-bond donors (Lipinski definition) is 1. The number of halogens is 2. The number of benzene rings is 1. The summed E-state index contributed by atoms with van der Waals surface area (Å²) in [7, 11) is 0. The van der Waals surface area contributed by atoms with Crippen molar-refractivity contribution in [3.05, 3.63) is 48.3 Å². The summed E-state index contributed by atoms with van der Waals surface area (Å²) in [6, 6.07) is 7.44. The highest BCUT2D eigenvalue weighted by atomic mass is 19.3. The van der Waals surface area contributed by atoms with Crippen LogP contribution in [0.25, 0.3) is 0 Å². The molecule has 1 aromatic heterocycles. The van der Waals surface area contributed by atoms with E-state index in [2.05, 4.69) is 4.98 Å². The van der Waals surface area contributed by atoms with Crippen molar-refractivity contribution in [2.24, 2.45) is 0 Å². The Bertz CT molecular complexity index is 503. The number of rotatable bonds is 3. The van der Waals surface area contributed by atoms with Crippen LogP contribution in [0.1, 0.15) is 12.0 Å². The molecule has 2 rings (SSSR count). The van der Waals surface area contributed by atoms with Gasteiger partial charge in [0.15, 0.2) is 0 Å². The summed E-state index contributed by atoms with van der Waals surface area (Å²) in [4.78, 5) is 3.84. The number of nitrogen functional groups attached to an aromatic ring is 1. The third-order valence-electron chi connectivity index (χ3n) is 2.13. The third-order valence-corrected chi connectivity index (χ3v) is 2.13. The van der Waals surface area contributed by atoms with E-state index in [-0.39, 0.29) is 17.0 Å². The van der Waals surface area contributed by atoms with Crippen LogP contribution in [-0.2, 0) is 0 Å². The average Bonchev–Trinajstić information content (AvgIpc) is 2.32. The summed E-state index contributed by atoms with van der Waals surface area (Å²) in [6.07, 6.45) is 0.389. The van der Waals surface area contributed by atoms with Crippen molar-refractivity contribution >= 4 is 5.69 Å². The molecule has 0 aliphatic heterocycles. The van der Waals surface area contributed by atoms with Gasteiger partial charge >= 0.3 is 0 Å². The summed E-state index contributed by atoms with van der Waals surface area (Å²) in [5.74, 6) is 0.487. The van der Waals surface area contributed by atoms with E-state index in [1.165, 1.54) is 24.4 Å². The Kier molecular flexibility index (Phi) is 3.18. The first-order valence-electron chi connectivity index (χ1n) is 4.92. The summed E-state index contributed by atoms with van der Waals surface area (Å²) < 4.78 is 30.8. The highest BCUT2D eigenvalue weighted by molar-refractivity contribution is 5.49. The van der Waals surface area contributed by atoms with Gasteiger partial charge in [0, 0.05) is 11.9 Å². The average molecular weight is 236 g/mol. The van der Waals surface area contributed by atoms with Gasteiger partial charge in [0.2, 0.25) is 0 Å². The standard InChI is InChI=1S/C12H10F2N2O/c13-12(14)10-6-8(15)3-4-11(10)17-9-2-1-5-16-7-9/h1-7,12H,15H2. The molecule has 2 N–H and O–H groups in total. The SMILES string of the molecule is Nc1ccc(Oc2cccnc2)c(C(F)F)c1. The minimum Gasteiger partial charge on any atom is -0.455 e. The van der Waals surface area contributed by atoms with Crippen LogP contribution in [-0.4, -0.2) is 4.98 Å². The number of nitrogens with zero attached hydrogens (tertiary/aromatic N) is 1. The van der Waals surface area contributed by atoms with Gasteiger partial charge in [-0.15, -0.1) is 0 Å². The predicted octanol–water partition coefficient (Wildman–Crippen LogP) is 3.39. The maximum Gasteiger partial charge on any atom is 0.267 e. The lowest BCUT2D eigenvalue weighted by Crippen LogP contribution is -1.95. The molecule has 0 amide bonds. The molecule has 0 saturated carbocycles. The van der Waals surface area contributed by atoms with Crippen molar-refractivity contribution in [1.29, 1.82) is 0 Å². The second-order valence-corrected chi connectivity index (χ2v) is 3.39. The van der Waals surface area contributed by atoms with E-state index in [4.69, 9.17) is 10.5 Å². The number of pyridine rings is 1. The molecule has 0 spiro atoms. The topological polar surface area (TPSA) is 48.1 Å². The van der Waals surface area contributed by atoms with Gasteiger partial charge in [-0.05, 0) is 30.3 Å². The van der Waals surface area contributed by atoms with Crippen LogP contribution < -0.4 is 10.5 Å². The van der Waals surface area contributed by atoms with Crippen LogP contribution >= 0.6 is 0 Å². The van der Waals surface area contributed by atoms with Gasteiger partial charge in [0.1, 0.15) is 11.5 Å². The molecular weight excluding hydrogens is 226 g/mol. The molecule has 5 heteroatoms. The minimum absolute atomic E-state index is 0.0854. The Morgan fingerprint density at radius 2 is 2.06 bits per heavy atom. The van der Waals surface area contributed by atoms with E-state index >= 15 is 0 Å².